The van der Waals surface area contributed by atoms with Gasteiger partial charge in [-0.05, 0) is 45.4 Å². The number of carbonyl (C=O) groups is 1. The fourth-order valence-electron chi connectivity index (χ4n) is 2.37. The highest BCUT2D eigenvalue weighted by Gasteiger charge is 2.18. The lowest BCUT2D eigenvalue weighted by Gasteiger charge is -2.19. The van der Waals surface area contributed by atoms with E-state index >= 15 is 0 Å². The number of aliphatic hydroxyl groups excluding tert-OH is 1. The second-order valence-electron chi connectivity index (χ2n) is 6.46. The van der Waals surface area contributed by atoms with Crippen molar-refractivity contribution >= 4 is 5.97 Å². The molecular formula is C20H24O4. The Bertz CT molecular complexity index is 697. The third kappa shape index (κ3) is 4.36. The molecule has 4 nitrogen and oxygen atoms in total. The molecule has 1 N–H and O–H groups in total. The quantitative estimate of drug-likeness (QED) is 0.836. The summed E-state index contributed by atoms with van der Waals surface area (Å²) in [7, 11) is 0. The monoisotopic (exact) mass is 328 g/mol. The first-order valence-corrected chi connectivity index (χ1v) is 8.05. The fraction of sp³-hybridized carbons (Fsp3) is 0.350. The fourth-order valence-corrected chi connectivity index (χ4v) is 2.37. The standard InChI is InChI=1S/C20H24O4/c1-5-23-18-16(13-21)7-6-8-17(18)14-9-11-15(12-10-14)19(22)24-20(2,3)4/h6-12,21H,5,13H2,1-4H3. The molecule has 0 aliphatic rings. The van der Waals surface area contributed by atoms with Gasteiger partial charge in [-0.2, -0.15) is 0 Å². The zero-order valence-corrected chi connectivity index (χ0v) is 14.6. The van der Waals surface area contributed by atoms with Crippen LogP contribution in [0.4, 0.5) is 0 Å². The van der Waals surface area contributed by atoms with Crippen molar-refractivity contribution in [3.05, 3.63) is 53.6 Å². The van der Waals surface area contributed by atoms with Crippen LogP contribution in [0.15, 0.2) is 42.5 Å². The molecule has 0 amide bonds. The minimum Gasteiger partial charge on any atom is -0.493 e. The number of hydrogen-bond acceptors (Lipinski definition) is 4. The van der Waals surface area contributed by atoms with Gasteiger partial charge in [0.2, 0.25) is 0 Å². The second kappa shape index (κ2) is 7.49. The van der Waals surface area contributed by atoms with Gasteiger partial charge in [-0.25, -0.2) is 4.79 Å². The Kier molecular flexibility index (Phi) is 5.62. The first-order valence-electron chi connectivity index (χ1n) is 8.05. The van der Waals surface area contributed by atoms with E-state index in [0.717, 1.165) is 16.7 Å². The van der Waals surface area contributed by atoms with Crippen molar-refractivity contribution in [2.24, 2.45) is 0 Å². The maximum Gasteiger partial charge on any atom is 0.338 e. The minimum absolute atomic E-state index is 0.0842. The molecular weight excluding hydrogens is 304 g/mol. The third-order valence-electron chi connectivity index (χ3n) is 3.39. The van der Waals surface area contributed by atoms with Crippen LogP contribution in [-0.2, 0) is 11.3 Å². The summed E-state index contributed by atoms with van der Waals surface area (Å²) in [6.45, 7) is 7.86. The van der Waals surface area contributed by atoms with Crippen LogP contribution in [0, 0.1) is 0 Å². The largest absolute Gasteiger partial charge is 0.493 e. The lowest BCUT2D eigenvalue weighted by molar-refractivity contribution is 0.00695. The molecule has 0 aliphatic carbocycles. The number of hydrogen-bond donors (Lipinski definition) is 1. The molecule has 128 valence electrons. The van der Waals surface area contributed by atoms with E-state index in [9.17, 15) is 9.90 Å². The second-order valence-corrected chi connectivity index (χ2v) is 6.46. The van der Waals surface area contributed by atoms with Crippen LogP contribution in [-0.4, -0.2) is 23.3 Å². The van der Waals surface area contributed by atoms with Crippen LogP contribution >= 0.6 is 0 Å². The number of ether oxygens (including phenoxy) is 2. The zero-order chi connectivity index (χ0) is 17.7. The Labute approximate surface area is 143 Å². The van der Waals surface area contributed by atoms with Crippen LogP contribution in [0.5, 0.6) is 5.75 Å². The van der Waals surface area contributed by atoms with E-state index in [1.165, 1.54) is 0 Å². The topological polar surface area (TPSA) is 55.8 Å². The van der Waals surface area contributed by atoms with Gasteiger partial charge < -0.3 is 14.6 Å². The summed E-state index contributed by atoms with van der Waals surface area (Å²) in [6, 6.07) is 12.9. The van der Waals surface area contributed by atoms with Gasteiger partial charge in [0, 0.05) is 11.1 Å². The van der Waals surface area contributed by atoms with Crippen molar-refractivity contribution in [1.82, 2.24) is 0 Å². The number of esters is 1. The molecule has 0 saturated heterocycles. The highest BCUT2D eigenvalue weighted by molar-refractivity contribution is 5.90. The molecule has 24 heavy (non-hydrogen) atoms. The SMILES string of the molecule is CCOc1c(CO)cccc1-c1ccc(C(=O)OC(C)(C)C)cc1. The first kappa shape index (κ1) is 18.0. The number of aliphatic hydroxyl groups is 1. The van der Waals surface area contributed by atoms with Crippen LogP contribution in [0.2, 0.25) is 0 Å². The summed E-state index contributed by atoms with van der Waals surface area (Å²) in [5.41, 5.74) is 2.53. The molecule has 0 unspecified atom stereocenters. The van der Waals surface area contributed by atoms with Gasteiger partial charge in [-0.15, -0.1) is 0 Å². The summed E-state index contributed by atoms with van der Waals surface area (Å²) in [5, 5.41) is 9.50. The van der Waals surface area contributed by atoms with Gasteiger partial charge in [-0.3, -0.25) is 0 Å². The Hall–Kier alpha value is -2.33. The van der Waals surface area contributed by atoms with Crippen LogP contribution in [0.1, 0.15) is 43.6 Å². The molecule has 0 atom stereocenters. The number of para-hydroxylation sites is 1. The van der Waals surface area contributed by atoms with E-state index in [-0.39, 0.29) is 12.6 Å². The predicted molar refractivity (Wildman–Crippen MR) is 94.1 cm³/mol. The molecule has 0 heterocycles. The van der Waals surface area contributed by atoms with Crippen LogP contribution in [0.3, 0.4) is 0 Å². The maximum atomic E-state index is 12.1. The summed E-state index contributed by atoms with van der Waals surface area (Å²) in [6.07, 6.45) is 0. The van der Waals surface area contributed by atoms with E-state index < -0.39 is 5.60 Å². The molecule has 2 aromatic carbocycles. The van der Waals surface area contributed by atoms with Gasteiger partial charge in [0.25, 0.3) is 0 Å². The molecule has 0 saturated carbocycles. The van der Waals surface area contributed by atoms with E-state index in [0.29, 0.717) is 17.9 Å². The van der Waals surface area contributed by atoms with Crippen molar-refractivity contribution in [2.45, 2.75) is 39.9 Å². The van der Waals surface area contributed by atoms with Gasteiger partial charge in [-0.1, -0.05) is 30.3 Å². The van der Waals surface area contributed by atoms with Crippen LogP contribution in [0.25, 0.3) is 11.1 Å². The summed E-state index contributed by atoms with van der Waals surface area (Å²) < 4.78 is 11.1. The number of benzene rings is 2. The van der Waals surface area contributed by atoms with E-state index in [2.05, 4.69) is 0 Å². The maximum absolute atomic E-state index is 12.1. The summed E-state index contributed by atoms with van der Waals surface area (Å²) in [5.74, 6) is 0.329. The summed E-state index contributed by atoms with van der Waals surface area (Å²) >= 11 is 0. The normalized spacial score (nSPS) is 11.2. The van der Waals surface area contributed by atoms with Crippen molar-refractivity contribution in [1.29, 1.82) is 0 Å². The highest BCUT2D eigenvalue weighted by atomic mass is 16.6. The molecule has 0 fully saturated rings. The van der Waals surface area contributed by atoms with Gasteiger partial charge in [0.05, 0.1) is 18.8 Å². The molecule has 0 radical (unpaired) electrons. The molecule has 2 rings (SSSR count). The lowest BCUT2D eigenvalue weighted by atomic mass is 10.00. The Morgan fingerprint density at radius 1 is 1.08 bits per heavy atom. The van der Waals surface area contributed by atoms with E-state index in [1.54, 1.807) is 12.1 Å². The average Bonchev–Trinajstić information content (AvgIpc) is 2.54. The zero-order valence-electron chi connectivity index (χ0n) is 14.6. The van der Waals surface area contributed by atoms with Crippen LogP contribution < -0.4 is 4.74 Å². The van der Waals surface area contributed by atoms with E-state index in [4.69, 9.17) is 9.47 Å². The average molecular weight is 328 g/mol. The molecule has 2 aromatic rings. The Morgan fingerprint density at radius 2 is 1.75 bits per heavy atom. The molecule has 4 heteroatoms. The van der Waals surface area contributed by atoms with Crippen molar-refractivity contribution in [2.75, 3.05) is 6.61 Å². The van der Waals surface area contributed by atoms with Gasteiger partial charge in [0.15, 0.2) is 0 Å². The van der Waals surface area contributed by atoms with E-state index in [1.807, 2.05) is 58.0 Å². The molecule has 0 bridgehead atoms. The summed E-state index contributed by atoms with van der Waals surface area (Å²) in [4.78, 5) is 12.1. The van der Waals surface area contributed by atoms with Gasteiger partial charge >= 0.3 is 5.97 Å². The van der Waals surface area contributed by atoms with Crippen molar-refractivity contribution < 1.29 is 19.4 Å². The Morgan fingerprint density at radius 3 is 2.29 bits per heavy atom. The third-order valence-corrected chi connectivity index (χ3v) is 3.39. The lowest BCUT2D eigenvalue weighted by Crippen LogP contribution is -2.23. The smallest absolute Gasteiger partial charge is 0.338 e. The number of carbonyl (C=O) groups excluding carboxylic acids is 1. The molecule has 0 aliphatic heterocycles. The molecule has 0 aromatic heterocycles. The van der Waals surface area contributed by atoms with Crippen molar-refractivity contribution in [3.63, 3.8) is 0 Å². The predicted octanol–water partition coefficient (Wildman–Crippen LogP) is 4.20. The first-order chi connectivity index (χ1) is 11.4. The molecule has 0 spiro atoms. The minimum atomic E-state index is -0.520. The highest BCUT2D eigenvalue weighted by Crippen LogP contribution is 2.33. The Balaban J connectivity index is 2.33. The number of rotatable bonds is 5. The van der Waals surface area contributed by atoms with Crippen molar-refractivity contribution in [3.8, 4) is 16.9 Å². The van der Waals surface area contributed by atoms with Gasteiger partial charge in [0.1, 0.15) is 11.4 Å².